The third-order valence-electron chi connectivity index (χ3n) is 2.39. The van der Waals surface area contributed by atoms with Gasteiger partial charge in [-0.1, -0.05) is 23.5 Å². The molecule has 2 aromatic rings. The van der Waals surface area contributed by atoms with E-state index in [0.717, 1.165) is 10.2 Å². The van der Waals surface area contributed by atoms with Gasteiger partial charge in [-0.05, 0) is 12.1 Å². The molecule has 1 atom stereocenters. The molecule has 1 aromatic heterocycles. The van der Waals surface area contributed by atoms with E-state index < -0.39 is 12.0 Å². The fourth-order valence-corrected chi connectivity index (χ4v) is 3.08. The number of thioether (sulfide) groups is 1. The van der Waals surface area contributed by atoms with Gasteiger partial charge in [0.15, 0.2) is 5.13 Å². The molecule has 0 aliphatic heterocycles. The molecule has 1 amide bonds. The van der Waals surface area contributed by atoms with E-state index in [1.54, 1.807) is 0 Å². The number of rotatable bonds is 6. The number of nitrogens with two attached hydrogens (primary N) is 1. The predicted molar refractivity (Wildman–Crippen MR) is 81.2 cm³/mol. The van der Waals surface area contributed by atoms with Crippen LogP contribution in [-0.4, -0.2) is 39.5 Å². The number of carboxylic acid groups (broad SMARTS) is 1. The summed E-state index contributed by atoms with van der Waals surface area (Å²) in [7, 11) is 0. The van der Waals surface area contributed by atoms with E-state index >= 15 is 0 Å². The smallest absolute Gasteiger partial charge is 0.321 e. The highest BCUT2D eigenvalue weighted by atomic mass is 32.2. The Bertz CT molecular complexity index is 596. The molecule has 0 unspecified atom stereocenters. The van der Waals surface area contributed by atoms with Gasteiger partial charge in [0.05, 0.1) is 16.0 Å². The highest BCUT2D eigenvalue weighted by Crippen LogP contribution is 2.25. The van der Waals surface area contributed by atoms with Crippen LogP contribution in [0.3, 0.4) is 0 Å². The molecule has 4 N–H and O–H groups in total. The van der Waals surface area contributed by atoms with Crippen LogP contribution in [0.1, 0.15) is 0 Å². The Hall–Kier alpha value is -1.64. The van der Waals surface area contributed by atoms with E-state index in [9.17, 15) is 9.59 Å². The van der Waals surface area contributed by atoms with Crippen molar-refractivity contribution in [3.63, 3.8) is 0 Å². The number of aliphatic carboxylic acids is 1. The highest BCUT2D eigenvalue weighted by molar-refractivity contribution is 8.00. The van der Waals surface area contributed by atoms with E-state index in [1.165, 1.54) is 23.1 Å². The first kappa shape index (κ1) is 14.8. The van der Waals surface area contributed by atoms with Gasteiger partial charge in [-0.2, -0.15) is 0 Å². The molecule has 6 nitrogen and oxygen atoms in total. The summed E-state index contributed by atoms with van der Waals surface area (Å²) in [6.45, 7) is 0. The maximum absolute atomic E-state index is 11.7. The van der Waals surface area contributed by atoms with E-state index in [2.05, 4.69) is 10.3 Å². The molecular weight excluding hydrogens is 298 g/mol. The average Bonchev–Trinajstić information content (AvgIpc) is 2.80. The molecule has 106 valence electrons. The molecule has 8 heteroatoms. The van der Waals surface area contributed by atoms with Crippen molar-refractivity contribution in [3.8, 4) is 0 Å². The summed E-state index contributed by atoms with van der Waals surface area (Å²) < 4.78 is 1.00. The van der Waals surface area contributed by atoms with Gasteiger partial charge >= 0.3 is 5.97 Å². The first-order valence-corrected chi connectivity index (χ1v) is 7.75. The Labute approximate surface area is 123 Å². The van der Waals surface area contributed by atoms with Gasteiger partial charge < -0.3 is 16.2 Å². The van der Waals surface area contributed by atoms with Crippen LogP contribution in [0.25, 0.3) is 10.2 Å². The molecule has 20 heavy (non-hydrogen) atoms. The number of carboxylic acids is 1. The van der Waals surface area contributed by atoms with Crippen molar-refractivity contribution in [3.05, 3.63) is 24.3 Å². The Morgan fingerprint density at radius 3 is 2.90 bits per heavy atom. The van der Waals surface area contributed by atoms with Crippen molar-refractivity contribution in [2.45, 2.75) is 6.04 Å². The second-order valence-electron chi connectivity index (χ2n) is 3.99. The van der Waals surface area contributed by atoms with Crippen LogP contribution in [0.5, 0.6) is 0 Å². The van der Waals surface area contributed by atoms with Crippen LogP contribution in [0.15, 0.2) is 24.3 Å². The highest BCUT2D eigenvalue weighted by Gasteiger charge is 2.13. The number of nitrogens with zero attached hydrogens (tertiary/aromatic N) is 1. The summed E-state index contributed by atoms with van der Waals surface area (Å²) in [6, 6.07) is 6.66. The lowest BCUT2D eigenvalue weighted by Crippen LogP contribution is -2.33. The second-order valence-corrected chi connectivity index (χ2v) is 6.06. The number of carbonyl (C=O) groups excluding carboxylic acids is 1. The number of thiazole rings is 1. The summed E-state index contributed by atoms with van der Waals surface area (Å²) in [4.78, 5) is 26.5. The number of para-hydroxylation sites is 1. The van der Waals surface area contributed by atoms with Crippen molar-refractivity contribution < 1.29 is 14.7 Å². The number of fused-ring (bicyclic) bond motifs is 1. The summed E-state index contributed by atoms with van der Waals surface area (Å²) >= 11 is 2.58. The Kier molecular flexibility index (Phi) is 4.94. The number of hydrogen-bond acceptors (Lipinski definition) is 6. The van der Waals surface area contributed by atoms with Gasteiger partial charge in [0.1, 0.15) is 6.04 Å². The van der Waals surface area contributed by atoms with E-state index in [0.29, 0.717) is 5.13 Å². The van der Waals surface area contributed by atoms with E-state index in [1.807, 2.05) is 24.3 Å². The minimum Gasteiger partial charge on any atom is -0.480 e. The summed E-state index contributed by atoms with van der Waals surface area (Å²) in [5.41, 5.74) is 6.18. The number of nitrogens with one attached hydrogen (secondary N) is 1. The lowest BCUT2D eigenvalue weighted by molar-refractivity contribution is -0.137. The van der Waals surface area contributed by atoms with Gasteiger partial charge in [-0.25, -0.2) is 4.98 Å². The molecule has 0 radical (unpaired) electrons. The maximum Gasteiger partial charge on any atom is 0.321 e. The second kappa shape index (κ2) is 6.69. The molecule has 0 saturated heterocycles. The van der Waals surface area contributed by atoms with Gasteiger partial charge in [0.25, 0.3) is 0 Å². The molecular formula is C12H13N3O3S2. The van der Waals surface area contributed by atoms with Gasteiger partial charge in [0, 0.05) is 5.75 Å². The molecule has 0 bridgehead atoms. The zero-order valence-corrected chi connectivity index (χ0v) is 12.0. The summed E-state index contributed by atoms with van der Waals surface area (Å²) in [5.74, 6) is -0.935. The van der Waals surface area contributed by atoms with Crippen LogP contribution in [-0.2, 0) is 9.59 Å². The molecule has 0 saturated carbocycles. The predicted octanol–water partition coefficient (Wildman–Crippen LogP) is 1.38. The normalized spacial score (nSPS) is 12.2. The minimum absolute atomic E-state index is 0.150. The molecule has 0 fully saturated rings. The number of carbonyl (C=O) groups is 2. The number of aromatic nitrogens is 1. The van der Waals surface area contributed by atoms with Crippen LogP contribution in [0.2, 0.25) is 0 Å². The van der Waals surface area contributed by atoms with Crippen molar-refractivity contribution >= 4 is 50.3 Å². The third kappa shape index (κ3) is 3.92. The Balaban J connectivity index is 1.84. The zero-order valence-electron chi connectivity index (χ0n) is 10.4. The lowest BCUT2D eigenvalue weighted by atomic mass is 10.3. The van der Waals surface area contributed by atoms with E-state index in [-0.39, 0.29) is 17.4 Å². The van der Waals surface area contributed by atoms with Gasteiger partial charge in [0.2, 0.25) is 5.91 Å². The molecule has 2 rings (SSSR count). The molecule has 0 aliphatic carbocycles. The van der Waals surface area contributed by atoms with Gasteiger partial charge in [-0.15, -0.1) is 11.8 Å². The lowest BCUT2D eigenvalue weighted by Gasteiger charge is -2.05. The third-order valence-corrected chi connectivity index (χ3v) is 4.40. The summed E-state index contributed by atoms with van der Waals surface area (Å²) in [5, 5.41) is 11.9. The maximum atomic E-state index is 11.7. The Morgan fingerprint density at radius 2 is 2.20 bits per heavy atom. The quantitative estimate of drug-likeness (QED) is 0.744. The topological polar surface area (TPSA) is 105 Å². The van der Waals surface area contributed by atoms with E-state index in [4.69, 9.17) is 10.8 Å². The number of hydrogen-bond donors (Lipinski definition) is 3. The largest absolute Gasteiger partial charge is 0.480 e. The minimum atomic E-state index is -1.07. The molecule has 1 aromatic carbocycles. The average molecular weight is 311 g/mol. The van der Waals surface area contributed by atoms with Crippen molar-refractivity contribution in [1.29, 1.82) is 0 Å². The first-order valence-electron chi connectivity index (χ1n) is 5.78. The fourth-order valence-electron chi connectivity index (χ4n) is 1.43. The number of benzene rings is 1. The SMILES string of the molecule is N[C@@H](CSCC(=O)Nc1nc2ccccc2s1)C(=O)O. The van der Waals surface area contributed by atoms with Crippen LogP contribution >= 0.6 is 23.1 Å². The molecule has 0 spiro atoms. The fraction of sp³-hybridized carbons (Fsp3) is 0.250. The zero-order chi connectivity index (χ0) is 14.5. The van der Waals surface area contributed by atoms with Crippen LogP contribution in [0, 0.1) is 0 Å². The number of anilines is 1. The molecule has 1 heterocycles. The molecule has 0 aliphatic rings. The number of amides is 1. The Morgan fingerprint density at radius 1 is 1.45 bits per heavy atom. The standard InChI is InChI=1S/C12H13N3O3S2/c13-7(11(17)18)5-19-6-10(16)15-12-14-8-3-1-2-4-9(8)20-12/h1-4,7H,5-6,13H2,(H,17,18)(H,14,15,16)/t7-/m0/s1. The van der Waals surface area contributed by atoms with Crippen molar-refractivity contribution in [2.75, 3.05) is 16.8 Å². The van der Waals surface area contributed by atoms with Crippen molar-refractivity contribution in [2.24, 2.45) is 5.73 Å². The first-order chi connectivity index (χ1) is 9.56. The van der Waals surface area contributed by atoms with Crippen molar-refractivity contribution in [1.82, 2.24) is 4.98 Å². The van der Waals surface area contributed by atoms with Crippen LogP contribution < -0.4 is 11.1 Å². The summed E-state index contributed by atoms with van der Waals surface area (Å²) in [6.07, 6.45) is 0. The monoisotopic (exact) mass is 311 g/mol. The van der Waals surface area contributed by atoms with Crippen LogP contribution in [0.4, 0.5) is 5.13 Å². The van der Waals surface area contributed by atoms with Gasteiger partial charge in [-0.3, -0.25) is 9.59 Å².